The summed E-state index contributed by atoms with van der Waals surface area (Å²) < 4.78 is 0. The van der Waals surface area contributed by atoms with Gasteiger partial charge in [-0.15, -0.1) is 0 Å². The van der Waals surface area contributed by atoms with Crippen LogP contribution in [0.5, 0.6) is 0 Å². The highest BCUT2D eigenvalue weighted by molar-refractivity contribution is 5.21. The third kappa shape index (κ3) is 3.09. The molecule has 2 nitrogen and oxygen atoms in total. The first-order valence-electron chi connectivity index (χ1n) is 7.39. The molecule has 1 saturated heterocycles. The fraction of sp³-hybridized carbons (Fsp3) is 0.333. The van der Waals surface area contributed by atoms with E-state index >= 15 is 0 Å². The molecular weight excluding hydrogens is 244 g/mol. The molecule has 3 rings (SSSR count). The maximum atomic E-state index is 3.60. The van der Waals surface area contributed by atoms with Gasteiger partial charge in [0.2, 0.25) is 0 Å². The number of piperazine rings is 1. The van der Waals surface area contributed by atoms with Crippen molar-refractivity contribution in [3.8, 4) is 0 Å². The quantitative estimate of drug-likeness (QED) is 0.917. The maximum Gasteiger partial charge on any atom is 0.0476 e. The van der Waals surface area contributed by atoms with E-state index in [1.54, 1.807) is 0 Å². The molecule has 2 aromatic carbocycles. The molecule has 2 aromatic rings. The standard InChI is InChI=1S/C18H22N2/c1-15-13-20(14-16-8-4-2-5-9-16)18(12-19-15)17-10-6-3-7-11-17/h2-11,15,18-19H,12-14H2,1H3/t15-,18-/m0/s1. The number of nitrogens with zero attached hydrogens (tertiary/aromatic N) is 1. The Morgan fingerprint density at radius 1 is 1.00 bits per heavy atom. The summed E-state index contributed by atoms with van der Waals surface area (Å²) in [6.45, 7) is 5.40. The van der Waals surface area contributed by atoms with Crippen molar-refractivity contribution in [2.24, 2.45) is 0 Å². The van der Waals surface area contributed by atoms with Crippen LogP contribution >= 0.6 is 0 Å². The lowest BCUT2D eigenvalue weighted by Gasteiger charge is -2.39. The van der Waals surface area contributed by atoms with Crippen molar-refractivity contribution in [3.05, 3.63) is 71.8 Å². The lowest BCUT2D eigenvalue weighted by atomic mass is 10.0. The molecule has 0 radical (unpaired) electrons. The number of nitrogens with one attached hydrogen (secondary N) is 1. The van der Waals surface area contributed by atoms with Gasteiger partial charge in [0.15, 0.2) is 0 Å². The number of rotatable bonds is 3. The van der Waals surface area contributed by atoms with E-state index in [0.717, 1.165) is 19.6 Å². The zero-order valence-electron chi connectivity index (χ0n) is 12.0. The van der Waals surface area contributed by atoms with Gasteiger partial charge < -0.3 is 5.32 Å². The third-order valence-corrected chi connectivity index (χ3v) is 4.02. The van der Waals surface area contributed by atoms with Gasteiger partial charge in [-0.3, -0.25) is 4.90 Å². The predicted octanol–water partition coefficient (Wildman–Crippen LogP) is 3.22. The van der Waals surface area contributed by atoms with Crippen molar-refractivity contribution in [1.29, 1.82) is 0 Å². The maximum absolute atomic E-state index is 3.60. The van der Waals surface area contributed by atoms with E-state index in [-0.39, 0.29) is 0 Å². The van der Waals surface area contributed by atoms with Gasteiger partial charge in [0.1, 0.15) is 0 Å². The lowest BCUT2D eigenvalue weighted by molar-refractivity contribution is 0.127. The van der Waals surface area contributed by atoms with E-state index in [4.69, 9.17) is 0 Å². The van der Waals surface area contributed by atoms with Crippen molar-refractivity contribution in [2.75, 3.05) is 13.1 Å². The largest absolute Gasteiger partial charge is 0.311 e. The molecule has 1 heterocycles. The van der Waals surface area contributed by atoms with E-state index in [1.165, 1.54) is 11.1 Å². The van der Waals surface area contributed by atoms with Crippen LogP contribution in [-0.4, -0.2) is 24.0 Å². The number of hydrogen-bond acceptors (Lipinski definition) is 2. The number of hydrogen-bond donors (Lipinski definition) is 1. The Kier molecular flexibility index (Phi) is 4.14. The monoisotopic (exact) mass is 266 g/mol. The Labute approximate surface area is 121 Å². The Balaban J connectivity index is 1.80. The van der Waals surface area contributed by atoms with Crippen LogP contribution < -0.4 is 5.32 Å². The zero-order chi connectivity index (χ0) is 13.8. The van der Waals surface area contributed by atoms with E-state index < -0.39 is 0 Å². The molecule has 0 amide bonds. The zero-order valence-corrected chi connectivity index (χ0v) is 12.0. The molecule has 20 heavy (non-hydrogen) atoms. The van der Waals surface area contributed by atoms with Crippen molar-refractivity contribution in [3.63, 3.8) is 0 Å². The molecule has 1 aliphatic heterocycles. The molecule has 0 bridgehead atoms. The predicted molar refractivity (Wildman–Crippen MR) is 83.5 cm³/mol. The first-order valence-corrected chi connectivity index (χ1v) is 7.39. The SMILES string of the molecule is C[C@H]1CN(Cc2ccccc2)[C@H](c2ccccc2)CN1. The lowest BCUT2D eigenvalue weighted by Crippen LogP contribution is -2.50. The van der Waals surface area contributed by atoms with Crippen LogP contribution in [0.3, 0.4) is 0 Å². The molecule has 0 unspecified atom stereocenters. The molecule has 0 saturated carbocycles. The molecule has 2 atom stereocenters. The van der Waals surface area contributed by atoms with E-state index in [0.29, 0.717) is 12.1 Å². The summed E-state index contributed by atoms with van der Waals surface area (Å²) in [5.41, 5.74) is 2.80. The van der Waals surface area contributed by atoms with Gasteiger partial charge in [-0.25, -0.2) is 0 Å². The Morgan fingerprint density at radius 3 is 2.35 bits per heavy atom. The molecule has 1 aliphatic rings. The van der Waals surface area contributed by atoms with Crippen LogP contribution in [0.2, 0.25) is 0 Å². The summed E-state index contributed by atoms with van der Waals surface area (Å²) >= 11 is 0. The van der Waals surface area contributed by atoms with Crippen molar-refractivity contribution >= 4 is 0 Å². The average Bonchev–Trinajstić information content (AvgIpc) is 2.49. The second-order valence-corrected chi connectivity index (χ2v) is 5.65. The fourth-order valence-electron chi connectivity index (χ4n) is 2.98. The molecule has 2 heteroatoms. The Hall–Kier alpha value is -1.64. The van der Waals surface area contributed by atoms with Crippen LogP contribution in [0.1, 0.15) is 24.1 Å². The minimum absolute atomic E-state index is 0.465. The molecule has 0 aliphatic carbocycles. The van der Waals surface area contributed by atoms with Crippen molar-refractivity contribution < 1.29 is 0 Å². The molecular formula is C18H22N2. The average molecular weight is 266 g/mol. The van der Waals surface area contributed by atoms with Gasteiger partial charge in [-0.05, 0) is 18.1 Å². The highest BCUT2D eigenvalue weighted by Crippen LogP contribution is 2.25. The van der Waals surface area contributed by atoms with Crippen LogP contribution in [0, 0.1) is 0 Å². The van der Waals surface area contributed by atoms with Gasteiger partial charge in [0.05, 0.1) is 0 Å². The highest BCUT2D eigenvalue weighted by Gasteiger charge is 2.26. The second kappa shape index (κ2) is 6.21. The van der Waals surface area contributed by atoms with Crippen LogP contribution in [0.4, 0.5) is 0 Å². The first kappa shape index (κ1) is 13.3. The first-order chi connectivity index (χ1) is 9.83. The van der Waals surface area contributed by atoms with Crippen molar-refractivity contribution in [2.45, 2.75) is 25.6 Å². The number of benzene rings is 2. The van der Waals surface area contributed by atoms with Gasteiger partial charge in [-0.1, -0.05) is 60.7 Å². The summed E-state index contributed by atoms with van der Waals surface area (Å²) in [6, 6.07) is 22.6. The molecule has 0 aromatic heterocycles. The smallest absolute Gasteiger partial charge is 0.0476 e. The van der Waals surface area contributed by atoms with Gasteiger partial charge in [-0.2, -0.15) is 0 Å². The third-order valence-electron chi connectivity index (χ3n) is 4.02. The van der Waals surface area contributed by atoms with Crippen LogP contribution in [0.15, 0.2) is 60.7 Å². The minimum Gasteiger partial charge on any atom is -0.311 e. The summed E-state index contributed by atoms with van der Waals surface area (Å²) in [7, 11) is 0. The van der Waals surface area contributed by atoms with E-state index in [1.807, 2.05) is 0 Å². The van der Waals surface area contributed by atoms with Gasteiger partial charge in [0, 0.05) is 31.7 Å². The van der Waals surface area contributed by atoms with E-state index in [2.05, 4.69) is 77.8 Å². The summed E-state index contributed by atoms with van der Waals surface area (Å²) in [6.07, 6.45) is 0. The molecule has 0 spiro atoms. The Morgan fingerprint density at radius 2 is 1.65 bits per heavy atom. The van der Waals surface area contributed by atoms with Gasteiger partial charge in [0.25, 0.3) is 0 Å². The minimum atomic E-state index is 0.465. The Bertz CT molecular complexity index is 524. The summed E-state index contributed by atoms with van der Waals surface area (Å²) in [4.78, 5) is 2.59. The molecule has 104 valence electrons. The van der Waals surface area contributed by atoms with Crippen molar-refractivity contribution in [1.82, 2.24) is 10.2 Å². The van der Waals surface area contributed by atoms with Crippen LogP contribution in [0.25, 0.3) is 0 Å². The second-order valence-electron chi connectivity index (χ2n) is 5.65. The molecule has 1 N–H and O–H groups in total. The highest BCUT2D eigenvalue weighted by atomic mass is 15.2. The molecule has 1 fully saturated rings. The fourth-order valence-corrected chi connectivity index (χ4v) is 2.98. The summed E-state index contributed by atoms with van der Waals surface area (Å²) in [5, 5.41) is 3.60. The van der Waals surface area contributed by atoms with E-state index in [9.17, 15) is 0 Å². The topological polar surface area (TPSA) is 15.3 Å². The summed E-state index contributed by atoms with van der Waals surface area (Å²) in [5.74, 6) is 0. The normalized spacial score (nSPS) is 23.6. The van der Waals surface area contributed by atoms with Gasteiger partial charge >= 0.3 is 0 Å². The van der Waals surface area contributed by atoms with Crippen LogP contribution in [-0.2, 0) is 6.54 Å².